The molecule has 0 atom stereocenters. The van der Waals surface area contributed by atoms with Gasteiger partial charge in [0.15, 0.2) is 5.96 Å². The average Bonchev–Trinajstić information content (AvgIpc) is 2.74. The summed E-state index contributed by atoms with van der Waals surface area (Å²) in [6, 6.07) is 17.0. The molecule has 2 aromatic carbocycles. The molecule has 0 aromatic heterocycles. The van der Waals surface area contributed by atoms with Gasteiger partial charge in [-0.25, -0.2) is 0 Å². The van der Waals surface area contributed by atoms with E-state index in [0.29, 0.717) is 0 Å². The van der Waals surface area contributed by atoms with Crippen molar-refractivity contribution in [2.75, 3.05) is 59.3 Å². The van der Waals surface area contributed by atoms with Crippen LogP contribution in [-0.4, -0.2) is 70.2 Å². The molecule has 1 aliphatic rings. The molecule has 0 unspecified atom stereocenters. The Bertz CT molecular complexity index is 812. The first kappa shape index (κ1) is 21.0. The molecule has 156 valence electrons. The second-order valence-corrected chi connectivity index (χ2v) is 7.60. The molecule has 1 heterocycles. The third-order valence-electron chi connectivity index (χ3n) is 5.16. The Balaban J connectivity index is 1.56. The van der Waals surface area contributed by atoms with E-state index in [0.717, 1.165) is 56.7 Å². The minimum Gasteiger partial charge on any atom is -0.495 e. The Labute approximate surface area is 174 Å². The Kier molecular flexibility index (Phi) is 7.36. The number of anilines is 1. The molecule has 0 spiro atoms. The molecule has 1 saturated heterocycles. The molecule has 6 heteroatoms. The van der Waals surface area contributed by atoms with Crippen LogP contribution in [0.25, 0.3) is 0 Å². The lowest BCUT2D eigenvalue weighted by Gasteiger charge is -2.38. The highest BCUT2D eigenvalue weighted by Gasteiger charge is 2.21. The fraction of sp³-hybridized carbons (Fsp3) is 0.435. The summed E-state index contributed by atoms with van der Waals surface area (Å²) >= 11 is 0. The number of para-hydroxylation sites is 2. The number of guanidine groups is 1. The second kappa shape index (κ2) is 10.2. The molecule has 2 aromatic rings. The molecule has 1 N–H and O–H groups in total. The van der Waals surface area contributed by atoms with E-state index in [-0.39, 0.29) is 0 Å². The first-order valence-corrected chi connectivity index (χ1v) is 10.2. The summed E-state index contributed by atoms with van der Waals surface area (Å²) < 4.78 is 5.52. The molecule has 0 radical (unpaired) electrons. The SMILES string of the molecule is CN=C(NCc1cccc(CN(C)C)c1)N1CCN(c2ccccc2OC)CC1. The monoisotopic (exact) mass is 395 g/mol. The zero-order valence-electron chi connectivity index (χ0n) is 18.1. The van der Waals surface area contributed by atoms with Crippen molar-refractivity contribution in [1.82, 2.24) is 15.1 Å². The normalized spacial score (nSPS) is 15.0. The number of ether oxygens (including phenoxy) is 1. The van der Waals surface area contributed by atoms with Gasteiger partial charge in [0.05, 0.1) is 12.8 Å². The van der Waals surface area contributed by atoms with Crippen molar-refractivity contribution in [3.8, 4) is 5.75 Å². The number of benzene rings is 2. The van der Waals surface area contributed by atoms with E-state index in [4.69, 9.17) is 4.74 Å². The summed E-state index contributed by atoms with van der Waals surface area (Å²) in [5.74, 6) is 1.89. The molecule has 1 fully saturated rings. The summed E-state index contributed by atoms with van der Waals surface area (Å²) in [5.41, 5.74) is 3.77. The maximum atomic E-state index is 5.52. The number of rotatable bonds is 6. The number of piperazine rings is 1. The van der Waals surface area contributed by atoms with Gasteiger partial charge in [0.2, 0.25) is 0 Å². The van der Waals surface area contributed by atoms with Crippen molar-refractivity contribution in [2.45, 2.75) is 13.1 Å². The van der Waals surface area contributed by atoms with Crippen molar-refractivity contribution in [3.05, 3.63) is 59.7 Å². The van der Waals surface area contributed by atoms with Crippen molar-refractivity contribution < 1.29 is 4.74 Å². The van der Waals surface area contributed by atoms with Gasteiger partial charge in [0.1, 0.15) is 5.75 Å². The van der Waals surface area contributed by atoms with Crippen molar-refractivity contribution >= 4 is 11.6 Å². The maximum Gasteiger partial charge on any atom is 0.194 e. The average molecular weight is 396 g/mol. The number of aliphatic imine (C=N–C) groups is 1. The topological polar surface area (TPSA) is 43.3 Å². The largest absolute Gasteiger partial charge is 0.495 e. The van der Waals surface area contributed by atoms with Crippen molar-refractivity contribution in [2.24, 2.45) is 4.99 Å². The zero-order chi connectivity index (χ0) is 20.6. The summed E-state index contributed by atoms with van der Waals surface area (Å²) in [7, 11) is 7.78. The fourth-order valence-corrected chi connectivity index (χ4v) is 3.77. The zero-order valence-corrected chi connectivity index (χ0v) is 18.1. The highest BCUT2D eigenvalue weighted by molar-refractivity contribution is 5.80. The molecule has 0 saturated carbocycles. The van der Waals surface area contributed by atoms with E-state index in [2.05, 4.69) is 75.5 Å². The molecule has 0 aliphatic carbocycles. The molecule has 3 rings (SSSR count). The molecule has 0 amide bonds. The van der Waals surface area contributed by atoms with Gasteiger partial charge in [-0.05, 0) is 37.4 Å². The summed E-state index contributed by atoms with van der Waals surface area (Å²) in [6.45, 7) is 5.48. The quantitative estimate of drug-likeness (QED) is 0.602. The third-order valence-corrected chi connectivity index (χ3v) is 5.16. The lowest BCUT2D eigenvalue weighted by atomic mass is 10.1. The van der Waals surface area contributed by atoms with Crippen LogP contribution >= 0.6 is 0 Å². The van der Waals surface area contributed by atoms with Gasteiger partial charge in [-0.2, -0.15) is 0 Å². The molecular weight excluding hydrogens is 362 g/mol. The number of hydrogen-bond acceptors (Lipinski definition) is 4. The van der Waals surface area contributed by atoms with E-state index in [1.165, 1.54) is 11.1 Å². The standard InChI is InChI=1S/C23H33N5O/c1-24-23(25-17-19-8-7-9-20(16-19)18-26(2)3)28-14-12-27(13-15-28)21-10-5-6-11-22(21)29-4/h5-11,16H,12-15,17-18H2,1-4H3,(H,24,25). The molecule has 29 heavy (non-hydrogen) atoms. The van der Waals surface area contributed by atoms with Crippen molar-refractivity contribution in [3.63, 3.8) is 0 Å². The lowest BCUT2D eigenvalue weighted by molar-refractivity contribution is 0.367. The lowest BCUT2D eigenvalue weighted by Crippen LogP contribution is -2.52. The minimum atomic E-state index is 0.778. The molecule has 1 aliphatic heterocycles. The summed E-state index contributed by atoms with van der Waals surface area (Å²) in [6.07, 6.45) is 0. The van der Waals surface area contributed by atoms with E-state index in [1.807, 2.05) is 19.2 Å². The van der Waals surface area contributed by atoms with Crippen LogP contribution in [0.4, 0.5) is 5.69 Å². The van der Waals surface area contributed by atoms with E-state index in [1.54, 1.807) is 7.11 Å². The number of methoxy groups -OCH3 is 1. The maximum absolute atomic E-state index is 5.52. The van der Waals surface area contributed by atoms with Crippen LogP contribution in [0.3, 0.4) is 0 Å². The van der Waals surface area contributed by atoms with E-state index < -0.39 is 0 Å². The molecule has 0 bridgehead atoms. The summed E-state index contributed by atoms with van der Waals surface area (Å²) in [5, 5.41) is 3.53. The predicted molar refractivity (Wildman–Crippen MR) is 121 cm³/mol. The highest BCUT2D eigenvalue weighted by Crippen LogP contribution is 2.28. The predicted octanol–water partition coefficient (Wildman–Crippen LogP) is 2.65. The van der Waals surface area contributed by atoms with Crippen LogP contribution in [0.5, 0.6) is 5.75 Å². The number of hydrogen-bond donors (Lipinski definition) is 1. The van der Waals surface area contributed by atoms with Gasteiger partial charge in [-0.15, -0.1) is 0 Å². The van der Waals surface area contributed by atoms with Gasteiger partial charge >= 0.3 is 0 Å². The van der Waals surface area contributed by atoms with Gasteiger partial charge in [0.25, 0.3) is 0 Å². The Morgan fingerprint density at radius 3 is 2.45 bits per heavy atom. The van der Waals surface area contributed by atoms with Gasteiger partial charge in [-0.3, -0.25) is 4.99 Å². The smallest absolute Gasteiger partial charge is 0.194 e. The summed E-state index contributed by atoms with van der Waals surface area (Å²) in [4.78, 5) is 11.4. The van der Waals surface area contributed by atoms with E-state index >= 15 is 0 Å². The fourth-order valence-electron chi connectivity index (χ4n) is 3.77. The first-order valence-electron chi connectivity index (χ1n) is 10.2. The van der Waals surface area contributed by atoms with Crippen LogP contribution in [0, 0.1) is 0 Å². The Hall–Kier alpha value is -2.73. The minimum absolute atomic E-state index is 0.778. The van der Waals surface area contributed by atoms with Crippen LogP contribution in [-0.2, 0) is 13.1 Å². The van der Waals surface area contributed by atoms with Crippen LogP contribution < -0.4 is 15.0 Å². The van der Waals surface area contributed by atoms with Crippen LogP contribution in [0.1, 0.15) is 11.1 Å². The first-order chi connectivity index (χ1) is 14.1. The van der Waals surface area contributed by atoms with Crippen molar-refractivity contribution in [1.29, 1.82) is 0 Å². The third kappa shape index (κ3) is 5.64. The van der Waals surface area contributed by atoms with Crippen LogP contribution in [0.15, 0.2) is 53.5 Å². The number of nitrogens with one attached hydrogen (secondary N) is 1. The molecule has 6 nitrogen and oxygen atoms in total. The van der Waals surface area contributed by atoms with Crippen LogP contribution in [0.2, 0.25) is 0 Å². The van der Waals surface area contributed by atoms with Gasteiger partial charge in [-0.1, -0.05) is 36.4 Å². The highest BCUT2D eigenvalue weighted by atomic mass is 16.5. The molecular formula is C23H33N5O. The second-order valence-electron chi connectivity index (χ2n) is 7.60. The number of nitrogens with zero attached hydrogens (tertiary/aromatic N) is 4. The van der Waals surface area contributed by atoms with Gasteiger partial charge < -0.3 is 24.8 Å². The van der Waals surface area contributed by atoms with Gasteiger partial charge in [0, 0.05) is 46.3 Å². The Morgan fingerprint density at radius 2 is 1.76 bits per heavy atom. The Morgan fingerprint density at radius 1 is 1.03 bits per heavy atom. The van der Waals surface area contributed by atoms with E-state index in [9.17, 15) is 0 Å².